The summed E-state index contributed by atoms with van der Waals surface area (Å²) in [5, 5.41) is 0. The molecule has 0 radical (unpaired) electrons. The van der Waals surface area contributed by atoms with Crippen molar-refractivity contribution in [2.45, 2.75) is 51.5 Å². The molecule has 3 heteroatoms. The van der Waals surface area contributed by atoms with E-state index in [1.807, 2.05) is 0 Å². The number of hydrogen-bond acceptors (Lipinski definition) is 3. The minimum Gasteiger partial charge on any atom is -0.329 e. The van der Waals surface area contributed by atoms with Gasteiger partial charge in [-0.05, 0) is 31.7 Å². The van der Waals surface area contributed by atoms with E-state index in [1.165, 1.54) is 71.2 Å². The summed E-state index contributed by atoms with van der Waals surface area (Å²) in [5.41, 5.74) is 6.07. The zero-order chi connectivity index (χ0) is 12.8. The maximum absolute atomic E-state index is 6.07. The lowest BCUT2D eigenvalue weighted by atomic mass is 9.83. The average Bonchev–Trinajstić information content (AvgIpc) is 2.43. The smallest absolute Gasteiger partial charge is 0.0247 e. The molecule has 1 heterocycles. The van der Waals surface area contributed by atoms with Crippen molar-refractivity contribution in [3.05, 3.63) is 0 Å². The van der Waals surface area contributed by atoms with Crippen molar-refractivity contribution in [1.29, 1.82) is 0 Å². The van der Waals surface area contributed by atoms with Crippen LogP contribution in [0.3, 0.4) is 0 Å². The molecule has 1 unspecified atom stereocenters. The molecule has 1 aliphatic carbocycles. The van der Waals surface area contributed by atoms with Crippen LogP contribution < -0.4 is 5.73 Å². The Morgan fingerprint density at radius 3 is 2.28 bits per heavy atom. The molecular weight excluding hydrogens is 222 g/mol. The predicted octanol–water partition coefficient (Wildman–Crippen LogP) is 1.92. The van der Waals surface area contributed by atoms with Crippen LogP contribution in [-0.2, 0) is 0 Å². The Balaban J connectivity index is 1.81. The van der Waals surface area contributed by atoms with Crippen LogP contribution in [0.25, 0.3) is 0 Å². The largest absolute Gasteiger partial charge is 0.329 e. The highest BCUT2D eigenvalue weighted by molar-refractivity contribution is 4.85. The van der Waals surface area contributed by atoms with E-state index in [2.05, 4.69) is 16.7 Å². The first-order valence-corrected chi connectivity index (χ1v) is 8.01. The SMILES string of the molecule is CCCN1CCN(C(CN)C2CCCCC2)CC1. The molecule has 2 N–H and O–H groups in total. The summed E-state index contributed by atoms with van der Waals surface area (Å²) >= 11 is 0. The van der Waals surface area contributed by atoms with Crippen molar-refractivity contribution < 1.29 is 0 Å². The van der Waals surface area contributed by atoms with Gasteiger partial charge in [-0.3, -0.25) is 4.90 Å². The first-order valence-electron chi connectivity index (χ1n) is 8.01. The van der Waals surface area contributed by atoms with E-state index >= 15 is 0 Å². The molecule has 0 spiro atoms. The van der Waals surface area contributed by atoms with Crippen LogP contribution in [0.2, 0.25) is 0 Å². The lowest BCUT2D eigenvalue weighted by Gasteiger charge is -2.43. The molecule has 0 bridgehead atoms. The molecular formula is C15H31N3. The Hall–Kier alpha value is -0.120. The van der Waals surface area contributed by atoms with E-state index < -0.39 is 0 Å². The summed E-state index contributed by atoms with van der Waals surface area (Å²) in [6.07, 6.45) is 8.41. The highest BCUT2D eigenvalue weighted by atomic mass is 15.3. The van der Waals surface area contributed by atoms with E-state index in [4.69, 9.17) is 5.73 Å². The third kappa shape index (κ3) is 3.69. The molecule has 1 atom stereocenters. The second kappa shape index (κ2) is 7.46. The van der Waals surface area contributed by atoms with Gasteiger partial charge in [0.05, 0.1) is 0 Å². The van der Waals surface area contributed by atoms with Gasteiger partial charge in [0.25, 0.3) is 0 Å². The van der Waals surface area contributed by atoms with Gasteiger partial charge in [-0.15, -0.1) is 0 Å². The highest BCUT2D eigenvalue weighted by Gasteiger charge is 2.29. The van der Waals surface area contributed by atoms with E-state index in [9.17, 15) is 0 Å². The molecule has 106 valence electrons. The van der Waals surface area contributed by atoms with Crippen molar-refractivity contribution in [2.75, 3.05) is 39.3 Å². The van der Waals surface area contributed by atoms with Gasteiger partial charge in [-0.1, -0.05) is 26.2 Å². The molecule has 1 saturated carbocycles. The zero-order valence-electron chi connectivity index (χ0n) is 12.1. The maximum atomic E-state index is 6.07. The summed E-state index contributed by atoms with van der Waals surface area (Å²) in [7, 11) is 0. The van der Waals surface area contributed by atoms with Crippen LogP contribution in [0.1, 0.15) is 45.4 Å². The zero-order valence-corrected chi connectivity index (χ0v) is 12.1. The van der Waals surface area contributed by atoms with Crippen LogP contribution in [-0.4, -0.2) is 55.1 Å². The van der Waals surface area contributed by atoms with E-state index in [1.54, 1.807) is 0 Å². The predicted molar refractivity (Wildman–Crippen MR) is 77.7 cm³/mol. The van der Waals surface area contributed by atoms with Gasteiger partial charge < -0.3 is 10.6 Å². The van der Waals surface area contributed by atoms with Crippen molar-refractivity contribution in [2.24, 2.45) is 11.7 Å². The summed E-state index contributed by atoms with van der Waals surface area (Å²) in [4.78, 5) is 5.28. The fourth-order valence-electron chi connectivity index (χ4n) is 3.79. The van der Waals surface area contributed by atoms with Gasteiger partial charge in [-0.25, -0.2) is 0 Å². The summed E-state index contributed by atoms with van der Waals surface area (Å²) in [6.45, 7) is 9.37. The number of nitrogens with two attached hydrogens (primary N) is 1. The van der Waals surface area contributed by atoms with E-state index in [0.717, 1.165) is 12.5 Å². The topological polar surface area (TPSA) is 32.5 Å². The molecule has 0 aromatic heterocycles. The minimum absolute atomic E-state index is 0.661. The van der Waals surface area contributed by atoms with Gasteiger partial charge in [0.1, 0.15) is 0 Å². The molecule has 2 fully saturated rings. The number of hydrogen-bond donors (Lipinski definition) is 1. The normalized spacial score (nSPS) is 26.3. The molecule has 18 heavy (non-hydrogen) atoms. The second-order valence-corrected chi connectivity index (χ2v) is 6.08. The first-order chi connectivity index (χ1) is 8.85. The number of rotatable bonds is 5. The molecule has 0 amide bonds. The van der Waals surface area contributed by atoms with Crippen LogP contribution in [0.15, 0.2) is 0 Å². The van der Waals surface area contributed by atoms with Crippen molar-refractivity contribution in [3.63, 3.8) is 0 Å². The van der Waals surface area contributed by atoms with Crippen LogP contribution >= 0.6 is 0 Å². The quantitative estimate of drug-likeness (QED) is 0.812. The van der Waals surface area contributed by atoms with Gasteiger partial charge in [0.2, 0.25) is 0 Å². The van der Waals surface area contributed by atoms with Gasteiger partial charge in [0, 0.05) is 38.8 Å². The van der Waals surface area contributed by atoms with Gasteiger partial charge in [-0.2, -0.15) is 0 Å². The molecule has 0 aromatic rings. The van der Waals surface area contributed by atoms with Crippen LogP contribution in [0.4, 0.5) is 0 Å². The maximum Gasteiger partial charge on any atom is 0.0247 e. The Labute approximate surface area is 113 Å². The summed E-state index contributed by atoms with van der Waals surface area (Å²) in [5.74, 6) is 0.876. The molecule has 0 aromatic carbocycles. The standard InChI is InChI=1S/C15H31N3/c1-2-8-17-9-11-18(12-10-17)15(13-16)14-6-4-3-5-7-14/h14-15H,2-13,16H2,1H3. The van der Waals surface area contributed by atoms with Gasteiger partial charge >= 0.3 is 0 Å². The number of nitrogens with zero attached hydrogens (tertiary/aromatic N) is 2. The summed E-state index contributed by atoms with van der Waals surface area (Å²) in [6, 6.07) is 0.661. The van der Waals surface area contributed by atoms with E-state index in [-0.39, 0.29) is 0 Å². The number of piperazine rings is 1. The third-order valence-electron chi connectivity index (χ3n) is 4.85. The molecule has 3 nitrogen and oxygen atoms in total. The average molecular weight is 253 g/mol. The first kappa shape index (κ1) is 14.3. The minimum atomic E-state index is 0.661. The van der Waals surface area contributed by atoms with Crippen LogP contribution in [0, 0.1) is 5.92 Å². The monoisotopic (exact) mass is 253 g/mol. The van der Waals surface area contributed by atoms with Crippen molar-refractivity contribution in [3.8, 4) is 0 Å². The molecule has 2 aliphatic rings. The Morgan fingerprint density at radius 1 is 1.06 bits per heavy atom. The Bertz CT molecular complexity index is 218. The third-order valence-corrected chi connectivity index (χ3v) is 4.85. The fraction of sp³-hybridized carbons (Fsp3) is 1.00. The Morgan fingerprint density at radius 2 is 1.72 bits per heavy atom. The lowest BCUT2D eigenvalue weighted by Crippen LogP contribution is -2.54. The molecule has 1 aliphatic heterocycles. The van der Waals surface area contributed by atoms with Gasteiger partial charge in [0.15, 0.2) is 0 Å². The second-order valence-electron chi connectivity index (χ2n) is 6.08. The summed E-state index contributed by atoms with van der Waals surface area (Å²) < 4.78 is 0. The fourth-order valence-corrected chi connectivity index (χ4v) is 3.79. The molecule has 2 rings (SSSR count). The van der Waals surface area contributed by atoms with Crippen LogP contribution in [0.5, 0.6) is 0 Å². The molecule has 1 saturated heterocycles. The highest BCUT2D eigenvalue weighted by Crippen LogP contribution is 2.29. The Kier molecular flexibility index (Phi) is 5.93. The van der Waals surface area contributed by atoms with Crippen molar-refractivity contribution in [1.82, 2.24) is 9.80 Å². The lowest BCUT2D eigenvalue weighted by molar-refractivity contribution is 0.0622. The van der Waals surface area contributed by atoms with E-state index in [0.29, 0.717) is 6.04 Å². The van der Waals surface area contributed by atoms with Crippen molar-refractivity contribution >= 4 is 0 Å².